The molecule has 2 rings (SSSR count). The van der Waals surface area contributed by atoms with Crippen molar-refractivity contribution in [1.29, 1.82) is 0 Å². The summed E-state index contributed by atoms with van der Waals surface area (Å²) in [5.74, 6) is -0.985. The molecule has 1 heterocycles. The first-order valence-electron chi connectivity index (χ1n) is 7.14. The highest BCUT2D eigenvalue weighted by Gasteiger charge is 2.22. The molecule has 0 saturated heterocycles. The van der Waals surface area contributed by atoms with Crippen molar-refractivity contribution in [2.24, 2.45) is 7.05 Å². The van der Waals surface area contributed by atoms with Crippen molar-refractivity contribution in [3.05, 3.63) is 53.3 Å². The fourth-order valence-electron chi connectivity index (χ4n) is 2.52. The Kier molecular flexibility index (Phi) is 4.91. The fourth-order valence-corrected chi connectivity index (χ4v) is 4.09. The third-order valence-corrected chi connectivity index (χ3v) is 5.69. The lowest BCUT2D eigenvalue weighted by atomic mass is 10.1. The summed E-state index contributed by atoms with van der Waals surface area (Å²) in [6, 6.07) is 8.33. The van der Waals surface area contributed by atoms with Crippen LogP contribution in [0.2, 0.25) is 0 Å². The van der Waals surface area contributed by atoms with Gasteiger partial charge < -0.3 is 4.57 Å². The zero-order chi connectivity index (χ0) is 17.2. The molecule has 0 aliphatic heterocycles. The van der Waals surface area contributed by atoms with E-state index in [4.69, 9.17) is 5.21 Å². The maximum absolute atomic E-state index is 12.5. The SMILES string of the molecule is Cc1ccc(S(=O)(=O)C[C@H](C)c2cc(C(=O)NO)cn2C)cc1. The number of hydrogen-bond donors (Lipinski definition) is 2. The van der Waals surface area contributed by atoms with Gasteiger partial charge in [-0.05, 0) is 25.1 Å². The van der Waals surface area contributed by atoms with E-state index in [9.17, 15) is 13.2 Å². The van der Waals surface area contributed by atoms with Crippen LogP contribution in [0.25, 0.3) is 0 Å². The number of nitrogens with one attached hydrogen (secondary N) is 1. The number of hydroxylamine groups is 1. The van der Waals surface area contributed by atoms with Gasteiger partial charge in [-0.1, -0.05) is 24.6 Å². The van der Waals surface area contributed by atoms with Gasteiger partial charge in [0, 0.05) is 24.9 Å². The molecule has 6 nitrogen and oxygen atoms in total. The van der Waals surface area contributed by atoms with Crippen LogP contribution < -0.4 is 5.48 Å². The Morgan fingerprint density at radius 1 is 1.30 bits per heavy atom. The summed E-state index contributed by atoms with van der Waals surface area (Å²) < 4.78 is 26.7. The lowest BCUT2D eigenvalue weighted by molar-refractivity contribution is 0.0706. The summed E-state index contributed by atoms with van der Waals surface area (Å²) in [6.07, 6.45) is 1.55. The van der Waals surface area contributed by atoms with Gasteiger partial charge in [-0.15, -0.1) is 0 Å². The van der Waals surface area contributed by atoms with E-state index in [1.807, 2.05) is 6.92 Å². The van der Waals surface area contributed by atoms with Crippen LogP contribution in [0.1, 0.15) is 34.5 Å². The highest BCUT2D eigenvalue weighted by molar-refractivity contribution is 7.91. The predicted molar refractivity (Wildman–Crippen MR) is 86.3 cm³/mol. The summed E-state index contributed by atoms with van der Waals surface area (Å²) in [6.45, 7) is 3.69. The summed E-state index contributed by atoms with van der Waals surface area (Å²) >= 11 is 0. The average molecular weight is 336 g/mol. The molecule has 2 N–H and O–H groups in total. The average Bonchev–Trinajstić information content (AvgIpc) is 2.88. The fraction of sp³-hybridized carbons (Fsp3) is 0.312. The molecule has 23 heavy (non-hydrogen) atoms. The molecular formula is C16H20N2O4S. The topological polar surface area (TPSA) is 88.4 Å². The van der Waals surface area contributed by atoms with Crippen LogP contribution >= 0.6 is 0 Å². The first kappa shape index (κ1) is 17.2. The zero-order valence-corrected chi connectivity index (χ0v) is 14.1. The lowest BCUT2D eigenvalue weighted by Gasteiger charge is -2.13. The first-order valence-corrected chi connectivity index (χ1v) is 8.80. The Labute approximate surface area is 135 Å². The Bertz CT molecular complexity index is 807. The summed E-state index contributed by atoms with van der Waals surface area (Å²) in [4.78, 5) is 11.7. The molecule has 1 atom stereocenters. The molecule has 2 aromatic rings. The number of aryl methyl sites for hydroxylation is 2. The van der Waals surface area contributed by atoms with Gasteiger partial charge in [0.25, 0.3) is 5.91 Å². The monoisotopic (exact) mass is 336 g/mol. The molecule has 0 radical (unpaired) electrons. The number of sulfone groups is 1. The molecule has 0 aliphatic rings. The van der Waals surface area contributed by atoms with E-state index in [0.29, 0.717) is 5.69 Å². The van der Waals surface area contributed by atoms with Crippen molar-refractivity contribution in [2.75, 3.05) is 5.75 Å². The number of aromatic nitrogens is 1. The molecule has 0 spiro atoms. The molecule has 0 saturated carbocycles. The van der Waals surface area contributed by atoms with Crippen molar-refractivity contribution in [1.82, 2.24) is 10.0 Å². The molecule has 0 fully saturated rings. The molecule has 1 aromatic heterocycles. The smallest absolute Gasteiger partial charge is 0.276 e. The number of carbonyl (C=O) groups excluding carboxylic acids is 1. The number of nitrogens with zero attached hydrogens (tertiary/aromatic N) is 1. The van der Waals surface area contributed by atoms with E-state index in [0.717, 1.165) is 5.56 Å². The van der Waals surface area contributed by atoms with Gasteiger partial charge in [0.1, 0.15) is 0 Å². The number of rotatable bonds is 5. The van der Waals surface area contributed by atoms with Crippen molar-refractivity contribution in [3.63, 3.8) is 0 Å². The highest BCUT2D eigenvalue weighted by Crippen LogP contribution is 2.23. The maximum atomic E-state index is 12.5. The van der Waals surface area contributed by atoms with Gasteiger partial charge in [-0.25, -0.2) is 13.9 Å². The van der Waals surface area contributed by atoms with E-state index in [2.05, 4.69) is 0 Å². The molecule has 0 unspecified atom stereocenters. The Morgan fingerprint density at radius 2 is 1.91 bits per heavy atom. The van der Waals surface area contributed by atoms with Crippen LogP contribution in [0.15, 0.2) is 41.4 Å². The van der Waals surface area contributed by atoms with Crippen molar-refractivity contribution in [3.8, 4) is 0 Å². The van der Waals surface area contributed by atoms with E-state index in [-0.39, 0.29) is 22.1 Å². The lowest BCUT2D eigenvalue weighted by Crippen LogP contribution is -2.17. The Hall–Kier alpha value is -2.12. The second-order valence-corrected chi connectivity index (χ2v) is 7.74. The third-order valence-electron chi connectivity index (χ3n) is 3.76. The minimum atomic E-state index is -3.42. The van der Waals surface area contributed by atoms with Crippen LogP contribution in [0.5, 0.6) is 0 Å². The zero-order valence-electron chi connectivity index (χ0n) is 13.3. The van der Waals surface area contributed by atoms with Crippen molar-refractivity contribution < 1.29 is 18.4 Å². The van der Waals surface area contributed by atoms with Crippen LogP contribution in [0.3, 0.4) is 0 Å². The van der Waals surface area contributed by atoms with Crippen LogP contribution in [0.4, 0.5) is 0 Å². The van der Waals surface area contributed by atoms with E-state index < -0.39 is 15.7 Å². The molecular weight excluding hydrogens is 316 g/mol. The molecule has 0 bridgehead atoms. The van der Waals surface area contributed by atoms with Gasteiger partial charge in [0.05, 0.1) is 16.2 Å². The number of carbonyl (C=O) groups is 1. The van der Waals surface area contributed by atoms with E-state index in [1.165, 1.54) is 0 Å². The van der Waals surface area contributed by atoms with Crippen LogP contribution in [-0.4, -0.2) is 29.9 Å². The normalized spacial score (nSPS) is 12.9. The molecule has 0 aliphatic carbocycles. The van der Waals surface area contributed by atoms with Crippen LogP contribution in [0, 0.1) is 6.92 Å². The van der Waals surface area contributed by atoms with Crippen LogP contribution in [-0.2, 0) is 16.9 Å². The van der Waals surface area contributed by atoms with E-state index >= 15 is 0 Å². The summed E-state index contributed by atoms with van der Waals surface area (Å²) in [7, 11) is -1.69. The quantitative estimate of drug-likeness (QED) is 0.646. The van der Waals surface area contributed by atoms with Gasteiger partial charge in [0.15, 0.2) is 9.84 Å². The predicted octanol–water partition coefficient (Wildman–Crippen LogP) is 2.03. The Balaban J connectivity index is 2.24. The number of amides is 1. The summed E-state index contributed by atoms with van der Waals surface area (Å²) in [5, 5.41) is 8.68. The molecule has 1 amide bonds. The minimum Gasteiger partial charge on any atom is -0.353 e. The second-order valence-electron chi connectivity index (χ2n) is 5.70. The third kappa shape index (κ3) is 3.80. The van der Waals surface area contributed by atoms with Gasteiger partial charge >= 0.3 is 0 Å². The molecule has 1 aromatic carbocycles. The van der Waals surface area contributed by atoms with Crippen molar-refractivity contribution in [2.45, 2.75) is 24.7 Å². The second kappa shape index (κ2) is 6.55. The van der Waals surface area contributed by atoms with Gasteiger partial charge in [-0.2, -0.15) is 0 Å². The largest absolute Gasteiger partial charge is 0.353 e. The maximum Gasteiger partial charge on any atom is 0.276 e. The number of benzene rings is 1. The number of hydrogen-bond acceptors (Lipinski definition) is 4. The van der Waals surface area contributed by atoms with Crippen molar-refractivity contribution >= 4 is 15.7 Å². The van der Waals surface area contributed by atoms with Gasteiger partial charge in [0.2, 0.25) is 0 Å². The molecule has 124 valence electrons. The molecule has 7 heteroatoms. The van der Waals surface area contributed by atoms with Gasteiger partial charge in [-0.3, -0.25) is 10.0 Å². The minimum absolute atomic E-state index is 0.0614. The Morgan fingerprint density at radius 3 is 2.48 bits per heavy atom. The highest BCUT2D eigenvalue weighted by atomic mass is 32.2. The standard InChI is InChI=1S/C16H20N2O4S/c1-11-4-6-14(7-5-11)23(21,22)10-12(2)15-8-13(9-18(15)3)16(19)17-20/h4-9,12,20H,10H2,1-3H3,(H,17,19)/t12-/m0/s1. The first-order chi connectivity index (χ1) is 10.7. The summed E-state index contributed by atoms with van der Waals surface area (Å²) in [5.41, 5.74) is 3.56. The van der Waals surface area contributed by atoms with E-state index in [1.54, 1.807) is 60.5 Å².